The van der Waals surface area contributed by atoms with Crippen LogP contribution in [0.2, 0.25) is 0 Å². The molecule has 0 unspecified atom stereocenters. The standard InChI is InChI=1S/2C58H46N2/c1-3-11-40(12-4-1)41-19-24-47(25-20-41)59(49-28-29-52-51-16-8-10-18-56(51)60(57(52)37-49)46-13-5-2-6-14-46)48-26-21-42(22-27-48)43-23-30-55-53(36-43)50-15-7-9-17-54(50)58(55)44-32-38-31-39(34-44)35-45(58)33-38;1-3-11-40(12-4-1)41-19-24-47(25-20-41)59(49-28-30-57-53(37-49)51-16-8-10-18-56(51)60(57)46-13-5-2-6-14-46)48-26-21-42(22-27-48)43-23-29-55-52(36-43)50-15-7-9-17-54(50)58(55)44-32-38-31-39(34-44)35-45(58)33-38/h2*1-30,36-39,44-45H,31-35H2. The molecule has 0 atom stereocenters. The first-order chi connectivity index (χ1) is 59.4. The van der Waals surface area contributed by atoms with Crippen LogP contribution in [0.4, 0.5) is 34.1 Å². The molecule has 8 saturated carbocycles. The molecule has 576 valence electrons. The summed E-state index contributed by atoms with van der Waals surface area (Å²) >= 11 is 0. The van der Waals surface area contributed by atoms with Crippen molar-refractivity contribution >= 4 is 77.7 Å². The molecule has 8 fully saturated rings. The summed E-state index contributed by atoms with van der Waals surface area (Å²) in [5.41, 5.74) is 36.7. The van der Waals surface area contributed by atoms with Gasteiger partial charge >= 0.3 is 0 Å². The lowest BCUT2D eigenvalue weighted by atomic mass is 9.43. The maximum Gasteiger partial charge on any atom is 0.0561 e. The average Bonchev–Trinajstić information content (AvgIpc) is 1.65. The van der Waals surface area contributed by atoms with Crippen LogP contribution in [0.15, 0.2) is 388 Å². The van der Waals surface area contributed by atoms with Crippen molar-refractivity contribution < 1.29 is 0 Å². The summed E-state index contributed by atoms with van der Waals surface area (Å²) in [6.07, 6.45) is 14.3. The predicted molar refractivity (Wildman–Crippen MR) is 499 cm³/mol. The van der Waals surface area contributed by atoms with Crippen LogP contribution in [-0.2, 0) is 10.8 Å². The smallest absolute Gasteiger partial charge is 0.0561 e. The van der Waals surface area contributed by atoms with E-state index in [1.165, 1.54) is 180 Å². The molecule has 0 amide bonds. The molecule has 10 aliphatic carbocycles. The van der Waals surface area contributed by atoms with Crippen LogP contribution in [0.3, 0.4) is 0 Å². The zero-order chi connectivity index (χ0) is 78.7. The molecule has 16 aromatic carbocycles. The number of hydrogen-bond donors (Lipinski definition) is 0. The lowest BCUT2D eigenvalue weighted by Gasteiger charge is -2.61. The Balaban J connectivity index is 0.000000133. The molecule has 2 spiro atoms. The van der Waals surface area contributed by atoms with E-state index in [-0.39, 0.29) is 10.8 Å². The minimum absolute atomic E-state index is 0.200. The van der Waals surface area contributed by atoms with Crippen molar-refractivity contribution in [3.63, 3.8) is 0 Å². The van der Waals surface area contributed by atoms with Crippen LogP contribution in [0.1, 0.15) is 86.5 Å². The minimum Gasteiger partial charge on any atom is -0.310 e. The van der Waals surface area contributed by atoms with Gasteiger partial charge in [0.2, 0.25) is 0 Å². The molecule has 18 aromatic rings. The molecule has 120 heavy (non-hydrogen) atoms. The third-order valence-corrected chi connectivity index (χ3v) is 30.3. The van der Waals surface area contributed by atoms with Gasteiger partial charge in [-0.15, -0.1) is 0 Å². The summed E-state index contributed by atoms with van der Waals surface area (Å²) in [5.74, 6) is 6.92. The zero-order valence-electron chi connectivity index (χ0n) is 67.4. The molecule has 0 saturated heterocycles. The van der Waals surface area contributed by atoms with E-state index >= 15 is 0 Å². The topological polar surface area (TPSA) is 16.3 Å². The van der Waals surface area contributed by atoms with Gasteiger partial charge in [-0.05, 0) is 328 Å². The number of rotatable bonds is 12. The highest BCUT2D eigenvalue weighted by Crippen LogP contribution is 2.71. The second kappa shape index (κ2) is 27.7. The van der Waals surface area contributed by atoms with E-state index in [0.717, 1.165) is 87.2 Å². The van der Waals surface area contributed by atoms with E-state index in [0.29, 0.717) is 0 Å². The highest BCUT2D eigenvalue weighted by Gasteiger charge is 2.63. The molecule has 4 heteroatoms. The van der Waals surface area contributed by atoms with Crippen LogP contribution in [0.25, 0.3) is 122 Å². The highest BCUT2D eigenvalue weighted by molar-refractivity contribution is 6.12. The van der Waals surface area contributed by atoms with Crippen LogP contribution in [0.5, 0.6) is 0 Å². The summed E-state index contributed by atoms with van der Waals surface area (Å²) < 4.78 is 4.80. The monoisotopic (exact) mass is 1540 g/mol. The number of para-hydroxylation sites is 4. The molecule has 10 aliphatic rings. The summed E-state index contributed by atoms with van der Waals surface area (Å²) in [7, 11) is 0. The molecule has 0 N–H and O–H groups in total. The molecular weight excluding hydrogens is 1450 g/mol. The van der Waals surface area contributed by atoms with Crippen LogP contribution < -0.4 is 9.80 Å². The summed E-state index contributed by atoms with van der Waals surface area (Å²) in [4.78, 5) is 4.84. The molecule has 4 nitrogen and oxygen atoms in total. The van der Waals surface area contributed by atoms with Gasteiger partial charge in [0.05, 0.1) is 22.1 Å². The molecule has 0 radical (unpaired) electrons. The van der Waals surface area contributed by atoms with E-state index in [4.69, 9.17) is 0 Å². The van der Waals surface area contributed by atoms with Gasteiger partial charge in [-0.2, -0.15) is 0 Å². The normalized spacial score (nSPS) is 22.1. The number of anilines is 6. The van der Waals surface area contributed by atoms with Crippen molar-refractivity contribution in [2.75, 3.05) is 9.80 Å². The van der Waals surface area contributed by atoms with Gasteiger partial charge in [0, 0.05) is 77.9 Å². The van der Waals surface area contributed by atoms with Gasteiger partial charge in [-0.3, -0.25) is 0 Å². The van der Waals surface area contributed by atoms with E-state index in [9.17, 15) is 0 Å². The zero-order valence-corrected chi connectivity index (χ0v) is 67.4. The lowest BCUT2D eigenvalue weighted by molar-refractivity contribution is -0.0399. The van der Waals surface area contributed by atoms with Gasteiger partial charge < -0.3 is 18.9 Å². The minimum atomic E-state index is 0.200. The molecule has 8 bridgehead atoms. The fraction of sp³-hybridized carbons (Fsp3) is 0.172. The van der Waals surface area contributed by atoms with E-state index in [1.54, 1.807) is 22.3 Å². The fourth-order valence-electron chi connectivity index (χ4n) is 26.0. The van der Waals surface area contributed by atoms with Gasteiger partial charge in [0.1, 0.15) is 0 Å². The molecular formula is C116H92N4. The summed E-state index contributed by atoms with van der Waals surface area (Å²) in [6.45, 7) is 0. The van der Waals surface area contributed by atoms with Crippen molar-refractivity contribution in [3.8, 4) is 78.1 Å². The van der Waals surface area contributed by atoms with Crippen molar-refractivity contribution in [1.82, 2.24) is 9.13 Å². The summed E-state index contributed by atoms with van der Waals surface area (Å²) in [5, 5.41) is 5.00. The third-order valence-electron chi connectivity index (χ3n) is 30.3. The Hall–Kier alpha value is -13.3. The summed E-state index contributed by atoms with van der Waals surface area (Å²) in [6, 6.07) is 145. The Morgan fingerprint density at radius 1 is 0.192 bits per heavy atom. The molecule has 2 aromatic heterocycles. The molecule has 2 heterocycles. The van der Waals surface area contributed by atoms with Gasteiger partial charge in [0.25, 0.3) is 0 Å². The first-order valence-electron chi connectivity index (χ1n) is 44.2. The molecule has 0 aliphatic heterocycles. The second-order valence-electron chi connectivity index (χ2n) is 36.3. The fourth-order valence-corrected chi connectivity index (χ4v) is 26.0. The maximum absolute atomic E-state index is 2.54. The average molecular weight is 1540 g/mol. The van der Waals surface area contributed by atoms with Crippen LogP contribution in [-0.4, -0.2) is 9.13 Å². The Morgan fingerprint density at radius 2 is 0.483 bits per heavy atom. The van der Waals surface area contributed by atoms with Gasteiger partial charge in [0.15, 0.2) is 0 Å². The van der Waals surface area contributed by atoms with Crippen molar-refractivity contribution in [2.24, 2.45) is 47.3 Å². The first-order valence-corrected chi connectivity index (χ1v) is 44.2. The Labute approximate surface area is 703 Å². The first kappa shape index (κ1) is 69.8. The number of nitrogens with zero attached hydrogens (tertiary/aromatic N) is 4. The van der Waals surface area contributed by atoms with E-state index in [1.807, 2.05) is 0 Å². The number of hydrogen-bond acceptors (Lipinski definition) is 2. The highest BCUT2D eigenvalue weighted by atomic mass is 15.2. The Morgan fingerprint density at radius 3 is 0.908 bits per heavy atom. The van der Waals surface area contributed by atoms with Crippen LogP contribution in [0, 0.1) is 47.3 Å². The SMILES string of the molecule is c1ccc(-c2ccc(N(c3ccc(-c4ccc5c(c4)-c4ccccc4C54C5CC6CC(C5)CC4C6)cc3)c3ccc4c(c3)c3ccccc3n4-c3ccccc3)cc2)cc1.c1ccc(-c2ccc(N(c3ccc(-c4ccc5c(c4)-c4ccccc4C54C5CC6CC(C5)CC4C6)cc3)c3ccc4c5ccccc5n(-c5ccccc5)c4c3)cc2)cc1. The van der Waals surface area contributed by atoms with Crippen LogP contribution >= 0.6 is 0 Å². The predicted octanol–water partition coefficient (Wildman–Crippen LogP) is 30.6. The Kier molecular flexibility index (Phi) is 16.1. The number of aromatic nitrogens is 2. The number of benzene rings is 16. The van der Waals surface area contributed by atoms with Crippen molar-refractivity contribution in [3.05, 3.63) is 411 Å². The second-order valence-corrected chi connectivity index (χ2v) is 36.3. The molecule has 28 rings (SSSR count). The van der Waals surface area contributed by atoms with Gasteiger partial charge in [-0.1, -0.05) is 261 Å². The largest absolute Gasteiger partial charge is 0.310 e. The van der Waals surface area contributed by atoms with Gasteiger partial charge in [-0.25, -0.2) is 0 Å². The van der Waals surface area contributed by atoms with E-state index in [2.05, 4.69) is 407 Å². The van der Waals surface area contributed by atoms with Crippen molar-refractivity contribution in [2.45, 2.75) is 75.0 Å². The lowest BCUT2D eigenvalue weighted by Crippen LogP contribution is -2.55. The third kappa shape index (κ3) is 10.8. The number of fused-ring (bicyclic) bond motifs is 12. The Bertz CT molecular complexity index is 6950. The van der Waals surface area contributed by atoms with E-state index < -0.39 is 0 Å². The van der Waals surface area contributed by atoms with Crippen molar-refractivity contribution in [1.29, 1.82) is 0 Å². The maximum atomic E-state index is 2.54. The quantitative estimate of drug-likeness (QED) is 0.121.